The summed E-state index contributed by atoms with van der Waals surface area (Å²) in [6.07, 6.45) is 0.923. The number of allylic oxidation sites excluding steroid dienone is 3. The number of carbonyl (C=O) groups is 2. The monoisotopic (exact) mass is 587 g/mol. The van der Waals surface area contributed by atoms with Crippen molar-refractivity contribution in [2.75, 3.05) is 13.2 Å². The number of Topliss-reactive ketones (excluding diaryl/α,β-unsaturated/α-hetero) is 1. The van der Waals surface area contributed by atoms with E-state index >= 15 is 0 Å². The van der Waals surface area contributed by atoms with Crippen molar-refractivity contribution in [1.82, 2.24) is 5.32 Å². The first-order chi connectivity index (χ1) is 17.6. The fourth-order valence-corrected chi connectivity index (χ4v) is 5.55. The minimum absolute atomic E-state index is 0.00977. The van der Waals surface area contributed by atoms with E-state index in [-0.39, 0.29) is 35.7 Å². The van der Waals surface area contributed by atoms with Gasteiger partial charge in [-0.05, 0) is 83.4 Å². The van der Waals surface area contributed by atoms with Gasteiger partial charge in [-0.1, -0.05) is 37.6 Å². The molecule has 1 heterocycles. The normalized spacial score (nSPS) is 19.6. The summed E-state index contributed by atoms with van der Waals surface area (Å²) in [7, 11) is 0. The lowest BCUT2D eigenvalue weighted by atomic mass is 9.71. The average Bonchev–Trinajstić information content (AvgIpc) is 2.84. The predicted molar refractivity (Wildman–Crippen MR) is 147 cm³/mol. The van der Waals surface area contributed by atoms with Crippen molar-refractivity contribution in [1.29, 1.82) is 0 Å². The highest BCUT2D eigenvalue weighted by Gasteiger charge is 2.42. The van der Waals surface area contributed by atoms with Gasteiger partial charge in [0.05, 0.1) is 23.3 Å². The molecule has 1 aliphatic heterocycles. The predicted octanol–water partition coefficient (Wildman–Crippen LogP) is 6.77. The molecule has 0 bridgehead atoms. The highest BCUT2D eigenvalue weighted by molar-refractivity contribution is 9.10. The van der Waals surface area contributed by atoms with Crippen molar-refractivity contribution in [2.45, 2.75) is 52.4 Å². The zero-order valence-electron chi connectivity index (χ0n) is 21.4. The Morgan fingerprint density at radius 3 is 2.54 bits per heavy atom. The van der Waals surface area contributed by atoms with Gasteiger partial charge >= 0.3 is 5.97 Å². The number of hydrogen-bond donors (Lipinski definition) is 2. The van der Waals surface area contributed by atoms with Gasteiger partial charge in [0.2, 0.25) is 0 Å². The Hall–Kier alpha value is -2.77. The summed E-state index contributed by atoms with van der Waals surface area (Å²) in [5, 5.41) is 14.5. The molecule has 1 aliphatic carbocycles. The molecule has 2 N–H and O–H groups in total. The molecule has 0 aromatic heterocycles. The fourth-order valence-electron chi connectivity index (χ4n) is 4.96. The van der Waals surface area contributed by atoms with E-state index in [0.717, 1.165) is 11.3 Å². The van der Waals surface area contributed by atoms with Crippen LogP contribution in [-0.4, -0.2) is 30.1 Å². The molecule has 0 fully saturated rings. The van der Waals surface area contributed by atoms with Crippen molar-refractivity contribution >= 4 is 39.3 Å². The molecule has 2 aromatic rings. The van der Waals surface area contributed by atoms with Gasteiger partial charge in [0.15, 0.2) is 17.3 Å². The Morgan fingerprint density at radius 2 is 1.89 bits per heavy atom. The molecular weight excluding hydrogens is 558 g/mol. The van der Waals surface area contributed by atoms with E-state index in [1.54, 1.807) is 12.1 Å². The highest BCUT2D eigenvalue weighted by Crippen LogP contribution is 2.48. The smallest absolute Gasteiger partial charge is 0.336 e. The van der Waals surface area contributed by atoms with Gasteiger partial charge in [-0.15, -0.1) is 0 Å². The molecule has 0 unspecified atom stereocenters. The zero-order chi connectivity index (χ0) is 26.9. The highest BCUT2D eigenvalue weighted by atomic mass is 79.9. The molecule has 0 amide bonds. The number of rotatable bonds is 7. The number of benzene rings is 2. The molecule has 37 heavy (non-hydrogen) atoms. The number of halogens is 2. The topological polar surface area (TPSA) is 84.9 Å². The lowest BCUT2D eigenvalue weighted by Gasteiger charge is -2.37. The SMILES string of the molecule is CCOc1cc([C@@H]2C(C(=O)OCC(C)C)=C(C)NC3=C2C(=O)C[C@H](c2ccc(Cl)cc2)C3)cc(Br)c1O. The van der Waals surface area contributed by atoms with E-state index in [0.29, 0.717) is 51.4 Å². The number of nitrogens with one attached hydrogen (secondary N) is 1. The van der Waals surface area contributed by atoms with Crippen molar-refractivity contribution in [3.63, 3.8) is 0 Å². The van der Waals surface area contributed by atoms with Gasteiger partial charge in [0.1, 0.15) is 0 Å². The minimum Gasteiger partial charge on any atom is -0.503 e. The van der Waals surface area contributed by atoms with Crippen LogP contribution in [0.3, 0.4) is 0 Å². The Morgan fingerprint density at radius 1 is 1.19 bits per heavy atom. The van der Waals surface area contributed by atoms with Crippen LogP contribution in [0.15, 0.2) is 63.4 Å². The van der Waals surface area contributed by atoms with E-state index in [2.05, 4.69) is 21.2 Å². The second-order valence-electron chi connectivity index (χ2n) is 9.84. The Kier molecular flexibility index (Phi) is 8.34. The maximum Gasteiger partial charge on any atom is 0.336 e. The fraction of sp³-hybridized carbons (Fsp3) is 0.379. The molecule has 2 aromatic carbocycles. The molecule has 8 heteroatoms. The molecule has 0 saturated heterocycles. The van der Waals surface area contributed by atoms with E-state index in [1.807, 2.05) is 52.0 Å². The van der Waals surface area contributed by atoms with E-state index in [9.17, 15) is 14.7 Å². The second-order valence-corrected chi connectivity index (χ2v) is 11.1. The molecule has 196 valence electrons. The van der Waals surface area contributed by atoms with Gasteiger partial charge in [-0.25, -0.2) is 4.79 Å². The number of aromatic hydroxyl groups is 1. The van der Waals surface area contributed by atoms with Crippen LogP contribution in [0.2, 0.25) is 5.02 Å². The Balaban J connectivity index is 1.82. The summed E-state index contributed by atoms with van der Waals surface area (Å²) in [6.45, 7) is 8.22. The average molecular weight is 589 g/mol. The first-order valence-electron chi connectivity index (χ1n) is 12.4. The lowest BCUT2D eigenvalue weighted by molar-refractivity contribution is -0.140. The van der Waals surface area contributed by atoms with Crippen LogP contribution in [0.5, 0.6) is 11.5 Å². The van der Waals surface area contributed by atoms with E-state index in [4.69, 9.17) is 21.1 Å². The molecule has 4 rings (SSSR count). The largest absolute Gasteiger partial charge is 0.503 e. The molecule has 0 spiro atoms. The summed E-state index contributed by atoms with van der Waals surface area (Å²) in [5.41, 5.74) is 4.07. The third-order valence-electron chi connectivity index (χ3n) is 6.62. The summed E-state index contributed by atoms with van der Waals surface area (Å²) >= 11 is 9.49. The standard InChI is InChI=1S/C29H31BrClNO5/c1-5-36-24-13-19(10-21(30)28(24)34)26-25(29(35)37-14-15(2)3)16(4)32-22-11-18(12-23(33)27(22)26)17-6-8-20(31)9-7-17/h6-10,13,15,18,26,32,34H,5,11-12,14H2,1-4H3/t18-,26-/m1/s1. The number of esters is 1. The van der Waals surface area contributed by atoms with Crippen molar-refractivity contribution in [2.24, 2.45) is 5.92 Å². The zero-order valence-corrected chi connectivity index (χ0v) is 23.7. The van der Waals surface area contributed by atoms with Crippen LogP contribution >= 0.6 is 27.5 Å². The third kappa shape index (κ3) is 5.73. The van der Waals surface area contributed by atoms with Crippen LogP contribution in [-0.2, 0) is 14.3 Å². The summed E-state index contributed by atoms with van der Waals surface area (Å²) in [5.74, 6) is -0.764. The summed E-state index contributed by atoms with van der Waals surface area (Å²) < 4.78 is 11.7. The van der Waals surface area contributed by atoms with Crippen LogP contribution in [0.25, 0.3) is 0 Å². The van der Waals surface area contributed by atoms with Gasteiger partial charge < -0.3 is 19.9 Å². The van der Waals surface area contributed by atoms with Crippen molar-refractivity contribution in [3.8, 4) is 11.5 Å². The molecule has 0 saturated carbocycles. The first-order valence-corrected chi connectivity index (χ1v) is 13.6. The number of hydrogen-bond acceptors (Lipinski definition) is 6. The molecule has 6 nitrogen and oxygen atoms in total. The van der Waals surface area contributed by atoms with E-state index in [1.165, 1.54) is 0 Å². The van der Waals surface area contributed by atoms with Crippen molar-refractivity contribution in [3.05, 3.63) is 79.6 Å². The molecule has 0 radical (unpaired) electrons. The third-order valence-corrected chi connectivity index (χ3v) is 7.48. The first kappa shape index (κ1) is 27.3. The second kappa shape index (κ2) is 11.3. The maximum absolute atomic E-state index is 13.8. The quantitative estimate of drug-likeness (QED) is 0.347. The number of carbonyl (C=O) groups excluding carboxylic acids is 2. The number of ether oxygens (including phenoxy) is 2. The van der Waals surface area contributed by atoms with Crippen molar-refractivity contribution < 1.29 is 24.2 Å². The van der Waals surface area contributed by atoms with Crippen LogP contribution in [0.1, 0.15) is 63.5 Å². The molecule has 2 aliphatic rings. The summed E-state index contributed by atoms with van der Waals surface area (Å²) in [6, 6.07) is 11.0. The number of phenolic OH excluding ortho intramolecular Hbond substituents is 1. The molecular formula is C29H31BrClNO5. The lowest BCUT2D eigenvalue weighted by Crippen LogP contribution is -2.36. The van der Waals surface area contributed by atoms with Gasteiger partial charge in [0.25, 0.3) is 0 Å². The van der Waals surface area contributed by atoms with Crippen LogP contribution < -0.4 is 10.1 Å². The molecule has 2 atom stereocenters. The summed E-state index contributed by atoms with van der Waals surface area (Å²) in [4.78, 5) is 27.2. The number of ketones is 1. The maximum atomic E-state index is 13.8. The van der Waals surface area contributed by atoms with E-state index < -0.39 is 11.9 Å². The number of phenols is 1. The van der Waals surface area contributed by atoms with Gasteiger partial charge in [-0.2, -0.15) is 0 Å². The Labute approximate surface area is 230 Å². The number of dihydropyridines is 1. The van der Waals surface area contributed by atoms with Gasteiger partial charge in [-0.3, -0.25) is 4.79 Å². The minimum atomic E-state index is -0.661. The van der Waals surface area contributed by atoms with Crippen LogP contribution in [0, 0.1) is 5.92 Å². The Bertz CT molecular complexity index is 1280. The van der Waals surface area contributed by atoms with Crippen LogP contribution in [0.4, 0.5) is 0 Å². The van der Waals surface area contributed by atoms with Gasteiger partial charge in [0, 0.05) is 34.3 Å².